The number of aromatic carboxylic acids is 1. The number of aromatic nitrogens is 6. The first kappa shape index (κ1) is 85.7. The van der Waals surface area contributed by atoms with E-state index in [1.165, 1.54) is 55.3 Å². The quantitative estimate of drug-likeness (QED) is 0.0463. The number of halogens is 1. The van der Waals surface area contributed by atoms with Crippen LogP contribution in [0.1, 0.15) is 245 Å². The maximum absolute atomic E-state index is 13.8. The number of hydrogen-bond donors (Lipinski definition) is 2. The van der Waals surface area contributed by atoms with Gasteiger partial charge in [-0.2, -0.15) is 15.3 Å². The Morgan fingerprint density at radius 2 is 0.829 bits per heavy atom. The van der Waals surface area contributed by atoms with Crippen LogP contribution < -0.4 is 15.1 Å². The minimum Gasteiger partial charge on any atom is -0.477 e. The largest absolute Gasteiger partial charge is 0.477 e. The number of methoxy groups -OCH3 is 3. The number of anilines is 3. The summed E-state index contributed by atoms with van der Waals surface area (Å²) in [6, 6.07) is 13.0. The van der Waals surface area contributed by atoms with E-state index in [2.05, 4.69) is 130 Å². The van der Waals surface area contributed by atoms with Crippen LogP contribution in [0.4, 0.5) is 17.1 Å². The first-order valence-corrected chi connectivity index (χ1v) is 39.5. The first-order valence-electron chi connectivity index (χ1n) is 35.4. The Morgan fingerprint density at radius 3 is 1.19 bits per heavy atom. The zero-order valence-corrected chi connectivity index (χ0v) is 69.4. The van der Waals surface area contributed by atoms with Gasteiger partial charge in [0.1, 0.15) is 19.5 Å². The van der Waals surface area contributed by atoms with Crippen LogP contribution in [0, 0.1) is 92.7 Å². The SMILES string of the molecule is CC1CCC(C(=O)N(CC(C)n2cccn2)c2cc(C#CC(C)(C)C)sc2C(=O)O)CC1.COC(=O)c1sc(C#CC(C)(C)C)cc1Br.COC(=O)c1sc(C#CC(C)(C)C)cc1N(CC(C)n1cccn1)C(=O)C1CCC(C)CC1.COC(=O)c1sc(C#CC(C)(C)C)cc1NCC(C)n1cccn1. The normalized spacial score (nSPS) is 16.5. The molecule has 0 spiro atoms. The molecule has 0 radical (unpaired) electrons. The summed E-state index contributed by atoms with van der Waals surface area (Å²) < 4.78 is 20.9. The fourth-order valence-corrected chi connectivity index (χ4v) is 15.2. The van der Waals surface area contributed by atoms with Crippen molar-refractivity contribution in [3.05, 3.63) is 123 Å². The van der Waals surface area contributed by atoms with Crippen LogP contribution in [-0.4, -0.2) is 111 Å². The number of carboxylic acid groups (broad SMARTS) is 1. The summed E-state index contributed by atoms with van der Waals surface area (Å²) in [6.07, 6.45) is 18.5. The lowest BCUT2D eigenvalue weighted by molar-refractivity contribution is -0.124. The molecule has 7 aromatic rings. The molecule has 3 atom stereocenters. The summed E-state index contributed by atoms with van der Waals surface area (Å²) in [5, 5.41) is 26.1. The number of carboxylic acids is 1. The van der Waals surface area contributed by atoms with Gasteiger partial charge in [0, 0.05) is 94.8 Å². The molecule has 2 N–H and O–H groups in total. The van der Waals surface area contributed by atoms with Crippen molar-refractivity contribution < 1.29 is 48.1 Å². The van der Waals surface area contributed by atoms with Gasteiger partial charge in [-0.1, -0.05) is 61.2 Å². The van der Waals surface area contributed by atoms with Crippen LogP contribution in [0.15, 0.2) is 84.1 Å². The number of amides is 2. The summed E-state index contributed by atoms with van der Waals surface area (Å²) in [6.45, 7) is 36.4. The monoisotopic (exact) mass is 1570 g/mol. The second kappa shape index (κ2) is 38.9. The number of thiophene rings is 4. The number of carbonyl (C=O) groups excluding carboxylic acids is 5. The molecule has 3 unspecified atom stereocenters. The molecule has 2 aliphatic rings. The van der Waals surface area contributed by atoms with Crippen molar-refractivity contribution in [1.29, 1.82) is 0 Å². The lowest BCUT2D eigenvalue weighted by Gasteiger charge is -2.32. The highest BCUT2D eigenvalue weighted by atomic mass is 79.9. The van der Waals surface area contributed by atoms with E-state index < -0.39 is 11.9 Å². The third-order valence-electron chi connectivity index (χ3n) is 16.6. The second-order valence-electron chi connectivity index (χ2n) is 30.8. The van der Waals surface area contributed by atoms with Crippen LogP contribution in [0.25, 0.3) is 0 Å². The third kappa shape index (κ3) is 27.3. The smallest absolute Gasteiger partial charge is 0.350 e. The van der Waals surface area contributed by atoms with Crippen molar-refractivity contribution in [3.8, 4) is 47.4 Å². The highest BCUT2D eigenvalue weighted by Crippen LogP contribution is 2.39. The Bertz CT molecular complexity index is 4300. The number of carbonyl (C=O) groups is 6. The minimum absolute atomic E-state index is 0.00605. The molecule has 0 saturated heterocycles. The molecular weight excluding hydrogens is 1470 g/mol. The number of esters is 3. The van der Waals surface area contributed by atoms with Gasteiger partial charge in [0.2, 0.25) is 11.8 Å². The number of nitrogens with zero attached hydrogens (tertiary/aromatic N) is 8. The molecular formula is C81H104BrN9O10S4. The topological polar surface area (TPSA) is 222 Å². The minimum atomic E-state index is -1.03. The predicted octanol–water partition coefficient (Wildman–Crippen LogP) is 18.5. The van der Waals surface area contributed by atoms with Crippen LogP contribution in [0.2, 0.25) is 0 Å². The van der Waals surface area contributed by atoms with E-state index in [4.69, 9.17) is 9.47 Å². The molecule has 19 nitrogen and oxygen atoms in total. The van der Waals surface area contributed by atoms with Crippen molar-refractivity contribution in [2.24, 2.45) is 45.3 Å². The maximum atomic E-state index is 13.8. The van der Waals surface area contributed by atoms with Crippen molar-refractivity contribution in [2.75, 3.05) is 56.1 Å². The number of nitrogens with one attached hydrogen (secondary N) is 1. The molecule has 0 bridgehead atoms. The van der Waals surface area contributed by atoms with Crippen molar-refractivity contribution >= 4 is 114 Å². The van der Waals surface area contributed by atoms with Gasteiger partial charge in [-0.3, -0.25) is 23.6 Å². The average molecular weight is 1570 g/mol. The van der Waals surface area contributed by atoms with Crippen molar-refractivity contribution in [2.45, 2.75) is 187 Å². The van der Waals surface area contributed by atoms with E-state index in [1.807, 2.05) is 141 Å². The van der Waals surface area contributed by atoms with E-state index in [0.717, 1.165) is 87.5 Å². The molecule has 9 rings (SSSR count). The lowest BCUT2D eigenvalue weighted by Crippen LogP contribution is -2.41. The summed E-state index contributed by atoms with van der Waals surface area (Å²) in [5.41, 5.74) is 1.30. The number of hydrogen-bond acceptors (Lipinski definition) is 17. The summed E-state index contributed by atoms with van der Waals surface area (Å²) >= 11 is 8.43. The van der Waals surface area contributed by atoms with E-state index in [9.17, 15) is 33.9 Å². The molecule has 0 aromatic carbocycles. The Morgan fingerprint density at radius 1 is 0.505 bits per heavy atom. The highest BCUT2D eigenvalue weighted by molar-refractivity contribution is 9.10. The molecule has 2 amide bonds. The van der Waals surface area contributed by atoms with E-state index in [-0.39, 0.29) is 80.3 Å². The standard InChI is InChI=1S/C26H35N3O3S.C25H33N3O3S.C18H23N3O2S.C12H13BrO2S/c1-18-8-10-20(11-9-18)24(30)28(17-19(2)29-15-7-14-27-29)22-16-21(12-13-26(3,4)5)33-23(22)25(31)32-6;1-17-7-9-19(10-8-17)23(29)27(16-18(2)28-14-6-13-26-28)21-15-20(11-12-25(3,4)5)32-22(21)24(30)31;1-13(21-10-6-9-20-21)12-19-15-11-14(7-8-18(2,3)4)24-16(15)17(22)23-5;1-12(2,3)6-5-8-7-9(13)10(16-8)11(14)15-4/h7,14-16,18-20H,8-11,17H2,1-6H3;6,13-15,17-19H,7-10,16H2,1-5H3,(H,30,31);6,9-11,13,19H,12H2,1-5H3;7H,1-4H3. The van der Waals surface area contributed by atoms with Gasteiger partial charge in [0.25, 0.3) is 0 Å². The summed E-state index contributed by atoms with van der Waals surface area (Å²) in [4.78, 5) is 83.9. The van der Waals surface area contributed by atoms with Crippen LogP contribution in [-0.2, 0) is 23.8 Å². The van der Waals surface area contributed by atoms with E-state index >= 15 is 0 Å². The summed E-state index contributed by atoms with van der Waals surface area (Å²) in [7, 11) is 4.13. The van der Waals surface area contributed by atoms with E-state index in [0.29, 0.717) is 62.4 Å². The van der Waals surface area contributed by atoms with Gasteiger partial charge in [-0.05, 0) is 225 Å². The molecule has 2 fully saturated rings. The average Bonchev–Trinajstić information content (AvgIpc) is 1.71. The van der Waals surface area contributed by atoms with Crippen LogP contribution in [0.5, 0.6) is 0 Å². The van der Waals surface area contributed by atoms with Crippen LogP contribution in [0.3, 0.4) is 0 Å². The number of ether oxygens (including phenoxy) is 3. The first-order chi connectivity index (χ1) is 49.3. The summed E-state index contributed by atoms with van der Waals surface area (Å²) in [5.74, 6) is 24.3. The van der Waals surface area contributed by atoms with Crippen molar-refractivity contribution in [1.82, 2.24) is 29.3 Å². The molecule has 7 heterocycles. The third-order valence-corrected chi connectivity index (χ3v) is 21.6. The molecule has 105 heavy (non-hydrogen) atoms. The van der Waals surface area contributed by atoms with Gasteiger partial charge in [-0.25, -0.2) is 19.2 Å². The molecule has 2 aliphatic carbocycles. The highest BCUT2D eigenvalue weighted by Gasteiger charge is 2.36. The van der Waals surface area contributed by atoms with Gasteiger partial charge >= 0.3 is 23.9 Å². The lowest BCUT2D eigenvalue weighted by atomic mass is 9.82. The predicted molar refractivity (Wildman–Crippen MR) is 428 cm³/mol. The fraction of sp³-hybridized carbons (Fsp3) is 0.519. The van der Waals surface area contributed by atoms with Crippen molar-refractivity contribution in [3.63, 3.8) is 0 Å². The second-order valence-corrected chi connectivity index (χ2v) is 35.8. The Hall–Kier alpha value is -8.23. The zero-order valence-electron chi connectivity index (χ0n) is 64.5. The zero-order chi connectivity index (χ0) is 77.7. The number of rotatable bonds is 18. The molecule has 0 aliphatic heterocycles. The molecule has 24 heteroatoms. The maximum Gasteiger partial charge on any atom is 0.350 e. The van der Waals surface area contributed by atoms with Crippen LogP contribution >= 0.6 is 61.3 Å². The van der Waals surface area contributed by atoms with E-state index in [1.54, 1.807) is 39.1 Å². The van der Waals surface area contributed by atoms with Gasteiger partial charge < -0.3 is 34.4 Å². The molecule has 564 valence electrons. The molecule has 7 aromatic heterocycles. The fourth-order valence-electron chi connectivity index (χ4n) is 10.9. The van der Waals surface area contributed by atoms with Gasteiger partial charge in [-0.15, -0.1) is 45.3 Å². The Kier molecular flexibility index (Phi) is 31.7. The van der Waals surface area contributed by atoms with Gasteiger partial charge in [0.05, 0.1) is 76.0 Å². The molecule has 2 saturated carbocycles. The Labute approximate surface area is 646 Å². The van der Waals surface area contributed by atoms with Gasteiger partial charge in [0.15, 0.2) is 0 Å². The Balaban J connectivity index is 0.000000226.